The lowest BCUT2D eigenvalue weighted by Gasteiger charge is -2.16. The summed E-state index contributed by atoms with van der Waals surface area (Å²) in [6.45, 7) is 2.76. The number of phenols is 1. The molecule has 1 heterocycles. The normalized spacial score (nSPS) is 12.7. The molecule has 0 saturated carbocycles. The lowest BCUT2D eigenvalue weighted by molar-refractivity contribution is 0.458. The summed E-state index contributed by atoms with van der Waals surface area (Å²) in [6.07, 6.45) is 3.38. The molecule has 0 saturated heterocycles. The smallest absolute Gasteiger partial charge is 0.128 e. The van der Waals surface area contributed by atoms with Crippen LogP contribution in [0.25, 0.3) is 10.8 Å². The first-order valence-corrected chi connectivity index (χ1v) is 6.71. The highest BCUT2D eigenvalue weighted by molar-refractivity contribution is 5.89. The minimum Gasteiger partial charge on any atom is -0.507 e. The number of rotatable bonds is 4. The minimum atomic E-state index is 0.0644. The predicted molar refractivity (Wildman–Crippen MR) is 79.6 cm³/mol. The van der Waals surface area contributed by atoms with Crippen LogP contribution in [0.2, 0.25) is 0 Å². The Bertz CT molecular complexity index is 704. The van der Waals surface area contributed by atoms with Gasteiger partial charge in [0.2, 0.25) is 0 Å². The molecule has 1 atom stereocenters. The van der Waals surface area contributed by atoms with Crippen molar-refractivity contribution < 1.29 is 9.52 Å². The molecule has 1 unspecified atom stereocenters. The van der Waals surface area contributed by atoms with Crippen LogP contribution in [0.15, 0.2) is 59.4 Å². The first-order valence-electron chi connectivity index (χ1n) is 6.71. The molecule has 0 aliphatic carbocycles. The zero-order chi connectivity index (χ0) is 13.9. The summed E-state index contributed by atoms with van der Waals surface area (Å²) in [7, 11) is 0. The molecule has 1 aromatic heterocycles. The van der Waals surface area contributed by atoms with Crippen LogP contribution in [0.1, 0.15) is 24.1 Å². The van der Waals surface area contributed by atoms with E-state index in [0.29, 0.717) is 12.3 Å². The van der Waals surface area contributed by atoms with Gasteiger partial charge in [-0.2, -0.15) is 0 Å². The molecular formula is C17H17NO2. The molecule has 0 spiro atoms. The van der Waals surface area contributed by atoms with Gasteiger partial charge in [-0.3, -0.25) is 0 Å². The highest BCUT2D eigenvalue weighted by Gasteiger charge is 2.12. The molecular weight excluding hydrogens is 250 g/mol. The third kappa shape index (κ3) is 2.40. The second-order valence-electron chi connectivity index (χ2n) is 4.96. The van der Waals surface area contributed by atoms with E-state index in [-0.39, 0.29) is 6.04 Å². The largest absolute Gasteiger partial charge is 0.507 e. The van der Waals surface area contributed by atoms with Crippen molar-refractivity contribution in [3.05, 3.63) is 66.1 Å². The first-order chi connectivity index (χ1) is 9.75. The van der Waals surface area contributed by atoms with Gasteiger partial charge in [0.05, 0.1) is 12.5 Å². The number of furan rings is 1. The molecule has 0 radical (unpaired) electrons. The van der Waals surface area contributed by atoms with Crippen molar-refractivity contribution in [3.63, 3.8) is 0 Å². The van der Waals surface area contributed by atoms with E-state index in [0.717, 1.165) is 21.9 Å². The Balaban J connectivity index is 1.84. The Hall–Kier alpha value is -2.26. The summed E-state index contributed by atoms with van der Waals surface area (Å²) in [4.78, 5) is 0. The first kappa shape index (κ1) is 12.8. The quantitative estimate of drug-likeness (QED) is 0.751. The fourth-order valence-electron chi connectivity index (χ4n) is 2.40. The second kappa shape index (κ2) is 5.39. The van der Waals surface area contributed by atoms with E-state index in [4.69, 9.17) is 4.42 Å². The van der Waals surface area contributed by atoms with Crippen LogP contribution in [-0.4, -0.2) is 5.11 Å². The van der Waals surface area contributed by atoms with Crippen molar-refractivity contribution in [2.75, 3.05) is 0 Å². The van der Waals surface area contributed by atoms with Gasteiger partial charge >= 0.3 is 0 Å². The van der Waals surface area contributed by atoms with Crippen molar-refractivity contribution in [3.8, 4) is 5.75 Å². The molecule has 0 aliphatic rings. The van der Waals surface area contributed by atoms with Crippen LogP contribution in [0.4, 0.5) is 0 Å². The fourth-order valence-corrected chi connectivity index (χ4v) is 2.40. The standard InChI is InChI=1S/C17H17NO2/c1-12(18-10-13-8-9-20-11-13)15-7-6-14-4-2-3-5-16(14)17(15)19/h2-9,11-12,18-19H,10H2,1H3. The molecule has 3 nitrogen and oxygen atoms in total. The third-order valence-electron chi connectivity index (χ3n) is 3.59. The number of fused-ring (bicyclic) bond motifs is 1. The maximum atomic E-state index is 10.4. The monoisotopic (exact) mass is 267 g/mol. The fraction of sp³-hybridized carbons (Fsp3) is 0.176. The lowest BCUT2D eigenvalue weighted by atomic mass is 10.0. The van der Waals surface area contributed by atoms with E-state index in [2.05, 4.69) is 5.32 Å². The Labute approximate surface area is 117 Å². The Morgan fingerprint density at radius 3 is 2.80 bits per heavy atom. The maximum absolute atomic E-state index is 10.4. The summed E-state index contributed by atoms with van der Waals surface area (Å²) in [5, 5.41) is 15.7. The highest BCUT2D eigenvalue weighted by Crippen LogP contribution is 2.32. The number of hydrogen-bond donors (Lipinski definition) is 2. The molecule has 0 fully saturated rings. The van der Waals surface area contributed by atoms with E-state index in [1.807, 2.05) is 49.4 Å². The van der Waals surface area contributed by atoms with Crippen LogP contribution in [-0.2, 0) is 6.54 Å². The molecule has 3 heteroatoms. The number of aromatic hydroxyl groups is 1. The summed E-state index contributed by atoms with van der Waals surface area (Å²) in [5.74, 6) is 0.357. The molecule has 2 aromatic carbocycles. The van der Waals surface area contributed by atoms with Crippen LogP contribution in [0.5, 0.6) is 5.75 Å². The number of phenolic OH excluding ortho intramolecular Hbond substituents is 1. The van der Waals surface area contributed by atoms with Gasteiger partial charge in [-0.05, 0) is 18.4 Å². The number of benzene rings is 2. The summed E-state index contributed by atoms with van der Waals surface area (Å²) in [5.41, 5.74) is 2.00. The summed E-state index contributed by atoms with van der Waals surface area (Å²) >= 11 is 0. The van der Waals surface area contributed by atoms with E-state index in [9.17, 15) is 5.11 Å². The zero-order valence-electron chi connectivity index (χ0n) is 11.3. The minimum absolute atomic E-state index is 0.0644. The van der Waals surface area contributed by atoms with Crippen molar-refractivity contribution in [1.82, 2.24) is 5.32 Å². The van der Waals surface area contributed by atoms with Crippen molar-refractivity contribution in [1.29, 1.82) is 0 Å². The molecule has 2 N–H and O–H groups in total. The SMILES string of the molecule is CC(NCc1ccoc1)c1ccc2ccccc2c1O. The third-order valence-corrected chi connectivity index (χ3v) is 3.59. The van der Waals surface area contributed by atoms with Crippen LogP contribution < -0.4 is 5.32 Å². The average molecular weight is 267 g/mol. The number of hydrogen-bond acceptors (Lipinski definition) is 3. The van der Waals surface area contributed by atoms with Gasteiger partial charge in [0.15, 0.2) is 0 Å². The second-order valence-corrected chi connectivity index (χ2v) is 4.96. The summed E-state index contributed by atoms with van der Waals surface area (Å²) < 4.78 is 5.04. The highest BCUT2D eigenvalue weighted by atomic mass is 16.3. The molecule has 0 bridgehead atoms. The zero-order valence-corrected chi connectivity index (χ0v) is 11.3. The topological polar surface area (TPSA) is 45.4 Å². The van der Waals surface area contributed by atoms with E-state index in [1.54, 1.807) is 12.5 Å². The lowest BCUT2D eigenvalue weighted by Crippen LogP contribution is -2.17. The number of nitrogens with one attached hydrogen (secondary N) is 1. The molecule has 102 valence electrons. The molecule has 3 aromatic rings. The van der Waals surface area contributed by atoms with Crippen LogP contribution >= 0.6 is 0 Å². The Kier molecular flexibility index (Phi) is 3.44. The van der Waals surface area contributed by atoms with E-state index < -0.39 is 0 Å². The van der Waals surface area contributed by atoms with Gasteiger partial charge in [0, 0.05) is 29.1 Å². The van der Waals surface area contributed by atoms with Crippen LogP contribution in [0.3, 0.4) is 0 Å². The van der Waals surface area contributed by atoms with E-state index in [1.165, 1.54) is 0 Å². The van der Waals surface area contributed by atoms with Crippen molar-refractivity contribution >= 4 is 10.8 Å². The van der Waals surface area contributed by atoms with Gasteiger partial charge in [-0.25, -0.2) is 0 Å². The van der Waals surface area contributed by atoms with Gasteiger partial charge < -0.3 is 14.8 Å². The van der Waals surface area contributed by atoms with Gasteiger partial charge in [0.25, 0.3) is 0 Å². The van der Waals surface area contributed by atoms with Gasteiger partial charge in [-0.15, -0.1) is 0 Å². The van der Waals surface area contributed by atoms with Crippen molar-refractivity contribution in [2.24, 2.45) is 0 Å². The summed E-state index contributed by atoms with van der Waals surface area (Å²) in [6, 6.07) is 13.9. The van der Waals surface area contributed by atoms with Gasteiger partial charge in [0.1, 0.15) is 5.75 Å². The Morgan fingerprint density at radius 1 is 1.15 bits per heavy atom. The van der Waals surface area contributed by atoms with Crippen LogP contribution in [0, 0.1) is 0 Å². The molecule has 0 amide bonds. The maximum Gasteiger partial charge on any atom is 0.128 e. The van der Waals surface area contributed by atoms with Crippen molar-refractivity contribution in [2.45, 2.75) is 19.5 Å². The molecule has 0 aliphatic heterocycles. The average Bonchev–Trinajstić information content (AvgIpc) is 2.99. The predicted octanol–water partition coefficient (Wildman–Crippen LogP) is 3.99. The van der Waals surface area contributed by atoms with E-state index >= 15 is 0 Å². The van der Waals surface area contributed by atoms with Gasteiger partial charge in [-0.1, -0.05) is 36.4 Å². The Morgan fingerprint density at radius 2 is 2.00 bits per heavy atom. The molecule has 3 rings (SSSR count). The molecule has 20 heavy (non-hydrogen) atoms.